The highest BCUT2D eigenvalue weighted by molar-refractivity contribution is 5.74. The topological polar surface area (TPSA) is 60.9 Å². The molecule has 1 amide bonds. The highest BCUT2D eigenvalue weighted by Crippen LogP contribution is 2.22. The lowest BCUT2D eigenvalue weighted by Crippen LogP contribution is -2.59. The second kappa shape index (κ2) is 6.72. The van der Waals surface area contributed by atoms with Gasteiger partial charge in [0.25, 0.3) is 0 Å². The Morgan fingerprint density at radius 1 is 1.24 bits per heavy atom. The Labute approximate surface area is 125 Å². The second-order valence-corrected chi connectivity index (χ2v) is 5.57. The van der Waals surface area contributed by atoms with Gasteiger partial charge < -0.3 is 10.0 Å². The van der Waals surface area contributed by atoms with E-state index in [4.69, 9.17) is 5.11 Å². The summed E-state index contributed by atoms with van der Waals surface area (Å²) in [5.74, 6) is -0.812. The van der Waals surface area contributed by atoms with Crippen molar-refractivity contribution in [2.75, 3.05) is 13.1 Å². The van der Waals surface area contributed by atoms with E-state index >= 15 is 0 Å². The SMILES string of the molecule is CC(=O)N1CCN(Cc2ccccc2)[C@H](CC(=O)O)[C@@H]1C. The number of carboxylic acid groups (broad SMARTS) is 1. The molecule has 0 saturated carbocycles. The number of carbonyl (C=O) groups is 2. The van der Waals surface area contributed by atoms with E-state index < -0.39 is 5.97 Å². The molecular formula is C16H22N2O3. The molecule has 2 rings (SSSR count). The number of piperazine rings is 1. The maximum absolute atomic E-state index is 11.7. The van der Waals surface area contributed by atoms with E-state index in [1.807, 2.05) is 37.3 Å². The van der Waals surface area contributed by atoms with Crippen LogP contribution in [0.3, 0.4) is 0 Å². The summed E-state index contributed by atoms with van der Waals surface area (Å²) in [4.78, 5) is 26.8. The molecule has 5 heteroatoms. The Morgan fingerprint density at radius 3 is 2.48 bits per heavy atom. The molecule has 2 atom stereocenters. The van der Waals surface area contributed by atoms with Gasteiger partial charge >= 0.3 is 5.97 Å². The fraction of sp³-hybridized carbons (Fsp3) is 0.500. The monoisotopic (exact) mass is 290 g/mol. The van der Waals surface area contributed by atoms with Gasteiger partial charge in [-0.25, -0.2) is 0 Å². The van der Waals surface area contributed by atoms with Gasteiger partial charge in [0.1, 0.15) is 0 Å². The molecule has 1 aliphatic heterocycles. The third-order valence-electron chi connectivity index (χ3n) is 4.16. The molecule has 1 aromatic carbocycles. The predicted molar refractivity (Wildman–Crippen MR) is 79.7 cm³/mol. The number of carboxylic acids is 1. The molecule has 21 heavy (non-hydrogen) atoms. The zero-order valence-electron chi connectivity index (χ0n) is 12.5. The number of benzene rings is 1. The first-order valence-electron chi connectivity index (χ1n) is 7.26. The quantitative estimate of drug-likeness (QED) is 0.914. The van der Waals surface area contributed by atoms with Crippen molar-refractivity contribution in [3.8, 4) is 0 Å². The molecule has 0 aliphatic carbocycles. The molecule has 1 aromatic rings. The Morgan fingerprint density at radius 2 is 1.90 bits per heavy atom. The largest absolute Gasteiger partial charge is 0.481 e. The zero-order valence-corrected chi connectivity index (χ0v) is 12.5. The van der Waals surface area contributed by atoms with Gasteiger partial charge in [0.15, 0.2) is 0 Å². The van der Waals surface area contributed by atoms with Crippen LogP contribution >= 0.6 is 0 Å². The number of hydrogen-bond donors (Lipinski definition) is 1. The van der Waals surface area contributed by atoms with Crippen LogP contribution in [0.5, 0.6) is 0 Å². The molecule has 5 nitrogen and oxygen atoms in total. The van der Waals surface area contributed by atoms with Crippen LogP contribution in [0.25, 0.3) is 0 Å². The second-order valence-electron chi connectivity index (χ2n) is 5.57. The first kappa shape index (κ1) is 15.5. The first-order valence-corrected chi connectivity index (χ1v) is 7.26. The molecule has 1 fully saturated rings. The number of amides is 1. The Balaban J connectivity index is 2.15. The van der Waals surface area contributed by atoms with Crippen molar-refractivity contribution < 1.29 is 14.7 Å². The van der Waals surface area contributed by atoms with E-state index in [1.165, 1.54) is 0 Å². The summed E-state index contributed by atoms with van der Waals surface area (Å²) in [7, 11) is 0. The normalized spacial score (nSPS) is 23.0. The molecule has 0 bridgehead atoms. The van der Waals surface area contributed by atoms with Crippen LogP contribution in [0.4, 0.5) is 0 Å². The lowest BCUT2D eigenvalue weighted by Gasteiger charge is -2.45. The van der Waals surface area contributed by atoms with Crippen LogP contribution in [-0.4, -0.2) is 52.0 Å². The van der Waals surface area contributed by atoms with E-state index in [2.05, 4.69) is 4.90 Å². The third kappa shape index (κ3) is 3.82. The molecule has 0 unspecified atom stereocenters. The van der Waals surface area contributed by atoms with Crippen molar-refractivity contribution in [1.82, 2.24) is 9.80 Å². The molecule has 114 valence electrons. The Kier molecular flexibility index (Phi) is 4.96. The van der Waals surface area contributed by atoms with E-state index in [0.717, 1.165) is 12.1 Å². The number of nitrogens with zero attached hydrogens (tertiary/aromatic N) is 2. The van der Waals surface area contributed by atoms with Gasteiger partial charge in [-0.1, -0.05) is 30.3 Å². The minimum atomic E-state index is -0.824. The standard InChI is InChI=1S/C16H22N2O3/c1-12-15(10-16(20)21)17(8-9-18(12)13(2)19)11-14-6-4-3-5-7-14/h3-7,12,15H,8-11H2,1-2H3,(H,20,21)/t12-,15+/m0/s1. The van der Waals surface area contributed by atoms with Gasteiger partial charge in [-0.3, -0.25) is 14.5 Å². The molecule has 1 aliphatic rings. The molecule has 1 heterocycles. The highest BCUT2D eigenvalue weighted by Gasteiger charge is 2.36. The maximum Gasteiger partial charge on any atom is 0.305 e. The predicted octanol–water partition coefficient (Wildman–Crippen LogP) is 1.58. The summed E-state index contributed by atoms with van der Waals surface area (Å²) in [6.07, 6.45) is 0.0534. The minimum Gasteiger partial charge on any atom is -0.481 e. The summed E-state index contributed by atoms with van der Waals surface area (Å²) in [5, 5.41) is 9.16. The Bertz CT molecular complexity index is 504. The minimum absolute atomic E-state index is 0.0113. The van der Waals surface area contributed by atoms with Crippen LogP contribution in [0.15, 0.2) is 30.3 Å². The van der Waals surface area contributed by atoms with Crippen molar-refractivity contribution in [2.45, 2.75) is 38.9 Å². The average Bonchev–Trinajstić information content (AvgIpc) is 2.43. The van der Waals surface area contributed by atoms with Crippen molar-refractivity contribution in [2.24, 2.45) is 0 Å². The van der Waals surface area contributed by atoms with Crippen LogP contribution < -0.4 is 0 Å². The summed E-state index contributed by atoms with van der Waals surface area (Å²) in [6.45, 7) is 5.55. The fourth-order valence-electron chi connectivity index (χ4n) is 3.06. The highest BCUT2D eigenvalue weighted by atomic mass is 16.4. The van der Waals surface area contributed by atoms with Crippen molar-refractivity contribution >= 4 is 11.9 Å². The lowest BCUT2D eigenvalue weighted by molar-refractivity contribution is -0.144. The lowest BCUT2D eigenvalue weighted by atomic mass is 9.98. The molecule has 0 radical (unpaired) electrons. The van der Waals surface area contributed by atoms with Crippen molar-refractivity contribution in [3.05, 3.63) is 35.9 Å². The summed E-state index contributed by atoms with van der Waals surface area (Å²) in [6, 6.07) is 9.78. The van der Waals surface area contributed by atoms with E-state index in [-0.39, 0.29) is 24.4 Å². The molecule has 1 N–H and O–H groups in total. The smallest absolute Gasteiger partial charge is 0.305 e. The summed E-state index contributed by atoms with van der Waals surface area (Å²) < 4.78 is 0. The van der Waals surface area contributed by atoms with Gasteiger partial charge in [0.2, 0.25) is 5.91 Å². The average molecular weight is 290 g/mol. The summed E-state index contributed by atoms with van der Waals surface area (Å²) in [5.41, 5.74) is 1.16. The number of carbonyl (C=O) groups excluding carboxylic acids is 1. The number of aliphatic carboxylic acids is 1. The zero-order chi connectivity index (χ0) is 15.4. The van der Waals surface area contributed by atoms with Crippen LogP contribution in [-0.2, 0) is 16.1 Å². The van der Waals surface area contributed by atoms with E-state index in [0.29, 0.717) is 13.1 Å². The Hall–Kier alpha value is -1.88. The van der Waals surface area contributed by atoms with E-state index in [9.17, 15) is 9.59 Å². The van der Waals surface area contributed by atoms with Crippen molar-refractivity contribution in [3.63, 3.8) is 0 Å². The fourth-order valence-corrected chi connectivity index (χ4v) is 3.06. The summed E-state index contributed by atoms with van der Waals surface area (Å²) >= 11 is 0. The first-order chi connectivity index (χ1) is 9.99. The van der Waals surface area contributed by atoms with E-state index in [1.54, 1.807) is 11.8 Å². The molecule has 1 saturated heterocycles. The van der Waals surface area contributed by atoms with Gasteiger partial charge in [-0.05, 0) is 12.5 Å². The van der Waals surface area contributed by atoms with Crippen LogP contribution in [0, 0.1) is 0 Å². The third-order valence-corrected chi connectivity index (χ3v) is 4.16. The van der Waals surface area contributed by atoms with Gasteiger partial charge in [-0.2, -0.15) is 0 Å². The maximum atomic E-state index is 11.7. The van der Waals surface area contributed by atoms with Crippen LogP contribution in [0.1, 0.15) is 25.8 Å². The van der Waals surface area contributed by atoms with Gasteiger partial charge in [0.05, 0.1) is 6.42 Å². The molecular weight excluding hydrogens is 268 g/mol. The van der Waals surface area contributed by atoms with Crippen LogP contribution in [0.2, 0.25) is 0 Å². The molecule has 0 aromatic heterocycles. The number of rotatable bonds is 4. The number of hydrogen-bond acceptors (Lipinski definition) is 3. The molecule has 0 spiro atoms. The van der Waals surface area contributed by atoms with Gasteiger partial charge in [-0.15, -0.1) is 0 Å². The van der Waals surface area contributed by atoms with Crippen molar-refractivity contribution in [1.29, 1.82) is 0 Å². The van der Waals surface area contributed by atoms with Gasteiger partial charge in [0, 0.05) is 38.6 Å².